The number of hydrogen-bond donors (Lipinski definition) is 4. The van der Waals surface area contributed by atoms with Crippen LogP contribution in [0.5, 0.6) is 0 Å². The molecule has 0 saturated carbocycles. The number of ketones is 2. The third-order valence-electron chi connectivity index (χ3n) is 8.16. The Hall–Kier alpha value is -4.07. The summed E-state index contributed by atoms with van der Waals surface area (Å²) in [6.45, 7) is 9.79. The van der Waals surface area contributed by atoms with Gasteiger partial charge in [0, 0.05) is 50.3 Å². The van der Waals surface area contributed by atoms with Gasteiger partial charge in [0.25, 0.3) is 5.91 Å². The topological polar surface area (TPSA) is 198 Å². The minimum absolute atomic E-state index is 0.113. The summed E-state index contributed by atoms with van der Waals surface area (Å²) >= 11 is 0. The number of fused-ring (bicyclic) bond motifs is 2. The Bertz CT molecular complexity index is 1350. The molecule has 1 heterocycles. The Morgan fingerprint density at radius 2 is 1.79 bits per heavy atom. The summed E-state index contributed by atoms with van der Waals surface area (Å²) in [7, 11) is 2.94. The molecule has 0 spiro atoms. The lowest BCUT2D eigenvalue weighted by molar-refractivity contribution is -0.160. The molecule has 2 amide bonds. The van der Waals surface area contributed by atoms with Gasteiger partial charge < -0.3 is 41.0 Å². The number of Topliss-reactive ketones (excluding diaryl/α,β-unsaturated/α-hetero) is 1. The summed E-state index contributed by atoms with van der Waals surface area (Å²) in [6.07, 6.45) is 5.16. The molecule has 13 heteroatoms. The summed E-state index contributed by atoms with van der Waals surface area (Å²) in [5.41, 5.74) is 12.2. The van der Waals surface area contributed by atoms with Crippen LogP contribution in [0, 0.1) is 11.8 Å². The van der Waals surface area contributed by atoms with E-state index in [1.807, 2.05) is 26.8 Å². The molecule has 0 unspecified atom stereocenters. The number of ether oxygens (including phenoxy) is 4. The number of nitrogens with one attached hydrogen (secondary N) is 2. The van der Waals surface area contributed by atoms with Gasteiger partial charge >= 0.3 is 12.1 Å². The summed E-state index contributed by atoms with van der Waals surface area (Å²) in [5.74, 6) is -2.61. The number of rotatable bonds is 10. The lowest BCUT2D eigenvalue weighted by atomic mass is 9.85. The maximum Gasteiger partial charge on any atom is 0.405 e. The molecule has 1 aliphatic carbocycles. The van der Waals surface area contributed by atoms with E-state index in [-0.39, 0.29) is 41.3 Å². The molecule has 6 N–H and O–H groups in total. The van der Waals surface area contributed by atoms with Gasteiger partial charge in [-0.2, -0.15) is 0 Å². The van der Waals surface area contributed by atoms with Gasteiger partial charge in [-0.15, -0.1) is 0 Å². The third-order valence-corrected chi connectivity index (χ3v) is 8.16. The Morgan fingerprint density at radius 3 is 2.40 bits per heavy atom. The van der Waals surface area contributed by atoms with Crippen LogP contribution in [-0.4, -0.2) is 81.3 Å². The van der Waals surface area contributed by atoms with Crippen LogP contribution in [0.25, 0.3) is 0 Å². The van der Waals surface area contributed by atoms with Crippen molar-refractivity contribution in [3.8, 4) is 0 Å². The highest BCUT2D eigenvalue weighted by Crippen LogP contribution is 2.30. The second-order valence-electron chi connectivity index (χ2n) is 12.2. The SMILES string of the molecule is CCCNC1=C2C[C@@H](C)C[C@@H](OC)[C@@H](OC(=O)CCCN)[C@H](C)/C=C(\C)[C@@H](OC(N)=O)[C@@H](OC)/C=C\C=C(/C)C(=O)NC(=CC1=O)C2=O. The van der Waals surface area contributed by atoms with E-state index in [1.165, 1.54) is 20.3 Å². The van der Waals surface area contributed by atoms with Crippen LogP contribution in [-0.2, 0) is 38.1 Å². The number of amides is 2. The third kappa shape index (κ3) is 11.6. The van der Waals surface area contributed by atoms with Gasteiger partial charge in [0.2, 0.25) is 11.6 Å². The maximum absolute atomic E-state index is 13.8. The summed E-state index contributed by atoms with van der Waals surface area (Å²) in [4.78, 5) is 65.0. The van der Waals surface area contributed by atoms with Gasteiger partial charge in [-0.1, -0.05) is 45.1 Å². The number of carbonyl (C=O) groups excluding carboxylic acids is 5. The number of hydrogen-bond acceptors (Lipinski definition) is 11. The van der Waals surface area contributed by atoms with Gasteiger partial charge in [-0.05, 0) is 57.6 Å². The van der Waals surface area contributed by atoms with Crippen molar-refractivity contribution in [1.82, 2.24) is 10.6 Å². The van der Waals surface area contributed by atoms with Crippen molar-refractivity contribution < 1.29 is 42.9 Å². The molecule has 48 heavy (non-hydrogen) atoms. The second-order valence-corrected chi connectivity index (χ2v) is 12.2. The summed E-state index contributed by atoms with van der Waals surface area (Å²) < 4.78 is 23.0. The first kappa shape index (κ1) is 40.1. The first-order valence-electron chi connectivity index (χ1n) is 16.3. The number of primary amides is 1. The Balaban J connectivity index is 2.72. The van der Waals surface area contributed by atoms with E-state index in [1.54, 1.807) is 26.0 Å². The normalized spacial score (nSPS) is 29.1. The maximum atomic E-state index is 13.8. The number of carbonyl (C=O) groups is 5. The van der Waals surface area contributed by atoms with Gasteiger partial charge in [0.15, 0.2) is 6.10 Å². The molecule has 13 nitrogen and oxygen atoms in total. The van der Waals surface area contributed by atoms with E-state index in [0.717, 1.165) is 12.5 Å². The molecule has 2 bridgehead atoms. The summed E-state index contributed by atoms with van der Waals surface area (Å²) in [5, 5.41) is 5.69. The number of methoxy groups -OCH3 is 2. The van der Waals surface area contributed by atoms with Crippen LogP contribution < -0.4 is 22.1 Å². The van der Waals surface area contributed by atoms with Crippen molar-refractivity contribution >= 4 is 29.5 Å². The first-order chi connectivity index (χ1) is 22.8. The Morgan fingerprint density at radius 1 is 1.08 bits per heavy atom. The lowest BCUT2D eigenvalue weighted by Gasteiger charge is -2.32. The molecular weight excluding hydrogens is 620 g/mol. The number of allylic oxidation sites excluding steroid dienone is 4. The van der Waals surface area contributed by atoms with Crippen LogP contribution >= 0.6 is 0 Å². The second kappa shape index (κ2) is 19.7. The fraction of sp³-hybridized carbons (Fsp3) is 0.571. The van der Waals surface area contributed by atoms with Gasteiger partial charge in [-0.3, -0.25) is 19.2 Å². The predicted octanol–water partition coefficient (Wildman–Crippen LogP) is 3.05. The highest BCUT2D eigenvalue weighted by atomic mass is 16.6. The van der Waals surface area contributed by atoms with E-state index in [0.29, 0.717) is 31.5 Å². The fourth-order valence-corrected chi connectivity index (χ4v) is 5.65. The lowest BCUT2D eigenvalue weighted by Crippen LogP contribution is -2.40. The molecule has 1 aliphatic heterocycles. The highest BCUT2D eigenvalue weighted by molar-refractivity contribution is 6.23. The molecule has 0 saturated heterocycles. The van der Waals surface area contributed by atoms with Gasteiger partial charge in [-0.25, -0.2) is 4.79 Å². The molecule has 0 aromatic rings. The van der Waals surface area contributed by atoms with Gasteiger partial charge in [0.05, 0.1) is 17.5 Å². The average Bonchev–Trinajstić information content (AvgIpc) is 3.03. The molecule has 0 radical (unpaired) electrons. The minimum atomic E-state index is -1.02. The first-order valence-corrected chi connectivity index (χ1v) is 16.3. The van der Waals surface area contributed by atoms with Crippen LogP contribution in [0.3, 0.4) is 0 Å². The van der Waals surface area contributed by atoms with Crippen LogP contribution in [0.15, 0.2) is 58.5 Å². The van der Waals surface area contributed by atoms with E-state index in [9.17, 15) is 24.0 Å². The van der Waals surface area contributed by atoms with E-state index >= 15 is 0 Å². The van der Waals surface area contributed by atoms with Crippen LogP contribution in [0.4, 0.5) is 4.79 Å². The van der Waals surface area contributed by atoms with Crippen molar-refractivity contribution in [2.75, 3.05) is 27.3 Å². The molecule has 0 aromatic carbocycles. The zero-order valence-corrected chi connectivity index (χ0v) is 29.1. The summed E-state index contributed by atoms with van der Waals surface area (Å²) in [6, 6.07) is 0. The Labute approximate surface area is 283 Å². The molecule has 0 aromatic heterocycles. The minimum Gasteiger partial charge on any atom is -0.459 e. The molecule has 0 fully saturated rings. The molecule has 6 atom stereocenters. The molecule has 2 aliphatic rings. The molecule has 266 valence electrons. The van der Waals surface area contributed by atoms with E-state index in [4.69, 9.17) is 30.4 Å². The predicted molar refractivity (Wildman–Crippen MR) is 180 cm³/mol. The van der Waals surface area contributed by atoms with Crippen molar-refractivity contribution in [3.05, 3.63) is 58.5 Å². The van der Waals surface area contributed by atoms with Crippen molar-refractivity contribution in [3.63, 3.8) is 0 Å². The molecule has 2 rings (SSSR count). The quantitative estimate of drug-likeness (QED) is 0.151. The average molecular weight is 673 g/mol. The monoisotopic (exact) mass is 672 g/mol. The van der Waals surface area contributed by atoms with E-state index < -0.39 is 59.9 Å². The highest BCUT2D eigenvalue weighted by Gasteiger charge is 2.35. The zero-order chi connectivity index (χ0) is 36.0. The van der Waals surface area contributed by atoms with Crippen molar-refractivity contribution in [2.24, 2.45) is 23.3 Å². The molecular formula is C35H52N4O9. The number of nitrogens with two attached hydrogens (primary N) is 2. The fourth-order valence-electron chi connectivity index (χ4n) is 5.65. The smallest absolute Gasteiger partial charge is 0.405 e. The van der Waals surface area contributed by atoms with E-state index in [2.05, 4.69) is 10.6 Å². The van der Waals surface area contributed by atoms with Gasteiger partial charge in [0.1, 0.15) is 12.2 Å². The largest absolute Gasteiger partial charge is 0.459 e. The van der Waals surface area contributed by atoms with Crippen LogP contribution in [0.2, 0.25) is 0 Å². The number of esters is 1. The van der Waals surface area contributed by atoms with Crippen molar-refractivity contribution in [2.45, 2.75) is 91.1 Å². The zero-order valence-electron chi connectivity index (χ0n) is 29.1. The van der Waals surface area contributed by atoms with Crippen molar-refractivity contribution in [1.29, 1.82) is 0 Å². The Kier molecular flexibility index (Phi) is 16.4. The van der Waals surface area contributed by atoms with Crippen LogP contribution in [0.1, 0.15) is 66.7 Å². The standard InChI is InChI=1S/C35H52N4O9/c1-8-15-38-30-24-16-20(2)17-28(46-7)33(47-29(41)13-10-14-36)23(5)18-22(4)32(48-35(37)44)27(45-6)12-9-11-21(3)34(43)39-25(31(24)42)19-26(30)40/h9,11-12,18-20,23,27-28,32-33,38H,8,10,13-17,36H2,1-7H3,(H2,37,44)(H,39,43)/b12-9-,21-11+,22-18+/t20-,23-,27+,28-,32-,33+/m1/s1.